The summed E-state index contributed by atoms with van der Waals surface area (Å²) in [6, 6.07) is 0. The molecule has 0 aromatic carbocycles. The molecule has 0 unspecified atom stereocenters. The molecule has 2 heterocycles. The van der Waals surface area contributed by atoms with Crippen LogP contribution in [0, 0.1) is 6.92 Å². The number of hydrogen-bond donors (Lipinski definition) is 1. The predicted octanol–water partition coefficient (Wildman–Crippen LogP) is 1.60. The first-order valence-electron chi connectivity index (χ1n) is 5.89. The lowest BCUT2D eigenvalue weighted by molar-refractivity contribution is 0.0350. The highest BCUT2D eigenvalue weighted by molar-refractivity contribution is 6.32. The number of rotatable bonds is 2. The molecular formula is C12H16ClN3O2. The van der Waals surface area contributed by atoms with E-state index in [0.29, 0.717) is 49.4 Å². The van der Waals surface area contributed by atoms with Crippen molar-refractivity contribution in [2.45, 2.75) is 32.3 Å². The molecule has 1 aromatic rings. The topological polar surface area (TPSA) is 66.3 Å². The molecule has 1 saturated heterocycles. The van der Waals surface area contributed by atoms with Crippen molar-refractivity contribution >= 4 is 23.7 Å². The molecule has 98 valence electrons. The number of aliphatic hydroxyl groups is 1. The minimum absolute atomic E-state index is 0.185. The molecule has 0 radical (unpaired) electrons. The summed E-state index contributed by atoms with van der Waals surface area (Å²) in [5.41, 5.74) is -0.312. The Morgan fingerprint density at radius 2 is 2.00 bits per heavy atom. The molecular weight excluding hydrogens is 254 g/mol. The zero-order valence-electron chi connectivity index (χ0n) is 10.5. The molecule has 6 heteroatoms. The van der Waals surface area contributed by atoms with Gasteiger partial charge in [0.25, 0.3) is 0 Å². The Balaban J connectivity index is 2.31. The number of anilines is 1. The molecule has 0 amide bonds. The second kappa shape index (κ2) is 4.82. The Kier molecular flexibility index (Phi) is 3.54. The van der Waals surface area contributed by atoms with Crippen LogP contribution < -0.4 is 4.90 Å². The molecule has 0 spiro atoms. The van der Waals surface area contributed by atoms with E-state index in [0.717, 1.165) is 0 Å². The number of hydrogen-bond acceptors (Lipinski definition) is 5. The van der Waals surface area contributed by atoms with Crippen LogP contribution in [0.2, 0.25) is 5.15 Å². The molecule has 1 N–H and O–H groups in total. The first kappa shape index (κ1) is 13.2. The molecule has 0 atom stereocenters. The van der Waals surface area contributed by atoms with Gasteiger partial charge < -0.3 is 10.0 Å². The highest BCUT2D eigenvalue weighted by Gasteiger charge is 2.29. The minimum atomic E-state index is -0.635. The summed E-state index contributed by atoms with van der Waals surface area (Å²) in [5.74, 6) is 1.11. The number of carbonyl (C=O) groups is 1. The number of carbonyl (C=O) groups excluding carboxylic acids is 1. The maximum absolute atomic E-state index is 11.1. The standard InChI is InChI=1S/C12H16ClN3O2/c1-8-14-10(13)9(7-17)11(15-8)16-5-3-12(2,18)4-6-16/h7,18H,3-6H2,1-2H3. The van der Waals surface area contributed by atoms with Gasteiger partial charge in [0.2, 0.25) is 0 Å². The van der Waals surface area contributed by atoms with Crippen molar-refractivity contribution in [2.24, 2.45) is 0 Å². The third-order valence-electron chi connectivity index (χ3n) is 3.25. The van der Waals surface area contributed by atoms with E-state index < -0.39 is 5.60 Å². The van der Waals surface area contributed by atoms with Crippen molar-refractivity contribution in [1.82, 2.24) is 9.97 Å². The molecule has 1 aromatic heterocycles. The highest BCUT2D eigenvalue weighted by Crippen LogP contribution is 2.28. The van der Waals surface area contributed by atoms with Crippen LogP contribution in [0.4, 0.5) is 5.82 Å². The van der Waals surface area contributed by atoms with Crippen molar-refractivity contribution in [3.8, 4) is 0 Å². The number of aromatic nitrogens is 2. The summed E-state index contributed by atoms with van der Waals surface area (Å²) in [6.07, 6.45) is 1.97. The summed E-state index contributed by atoms with van der Waals surface area (Å²) in [4.78, 5) is 21.3. The van der Waals surface area contributed by atoms with E-state index >= 15 is 0 Å². The third-order valence-corrected chi connectivity index (χ3v) is 3.54. The molecule has 0 saturated carbocycles. The summed E-state index contributed by atoms with van der Waals surface area (Å²) in [5, 5.41) is 10.1. The van der Waals surface area contributed by atoms with Crippen LogP contribution >= 0.6 is 11.6 Å². The van der Waals surface area contributed by atoms with Gasteiger partial charge >= 0.3 is 0 Å². The number of aldehydes is 1. The summed E-state index contributed by atoms with van der Waals surface area (Å²) in [6.45, 7) is 4.87. The Morgan fingerprint density at radius 3 is 2.56 bits per heavy atom. The van der Waals surface area contributed by atoms with Gasteiger partial charge in [0, 0.05) is 13.1 Å². The quantitative estimate of drug-likeness (QED) is 0.653. The number of aryl methyl sites for hydroxylation is 1. The minimum Gasteiger partial charge on any atom is -0.390 e. The smallest absolute Gasteiger partial charge is 0.156 e. The van der Waals surface area contributed by atoms with Gasteiger partial charge in [0.15, 0.2) is 6.29 Å². The summed E-state index contributed by atoms with van der Waals surface area (Å²) in [7, 11) is 0. The normalized spacial score (nSPS) is 18.8. The van der Waals surface area contributed by atoms with E-state index in [-0.39, 0.29) is 5.15 Å². The Morgan fingerprint density at radius 1 is 1.39 bits per heavy atom. The lowest BCUT2D eigenvalue weighted by atomic mass is 9.94. The Labute approximate surface area is 111 Å². The maximum atomic E-state index is 11.1. The van der Waals surface area contributed by atoms with Crippen molar-refractivity contribution in [3.05, 3.63) is 16.5 Å². The Bertz CT molecular complexity index is 467. The summed E-state index contributed by atoms with van der Waals surface area (Å²) >= 11 is 5.95. The van der Waals surface area contributed by atoms with Gasteiger partial charge in [-0.2, -0.15) is 0 Å². The second-order valence-corrected chi connectivity index (χ2v) is 5.26. The first-order valence-corrected chi connectivity index (χ1v) is 6.27. The van der Waals surface area contributed by atoms with Crippen LogP contribution in [-0.4, -0.2) is 40.1 Å². The van der Waals surface area contributed by atoms with Gasteiger partial charge in [-0.15, -0.1) is 0 Å². The maximum Gasteiger partial charge on any atom is 0.156 e. The van der Waals surface area contributed by atoms with Gasteiger partial charge in [-0.3, -0.25) is 4.79 Å². The molecule has 0 aliphatic carbocycles. The van der Waals surface area contributed by atoms with Gasteiger partial charge in [0.05, 0.1) is 11.2 Å². The van der Waals surface area contributed by atoms with Crippen LogP contribution in [0.5, 0.6) is 0 Å². The van der Waals surface area contributed by atoms with Gasteiger partial charge in [-0.25, -0.2) is 9.97 Å². The van der Waals surface area contributed by atoms with Crippen LogP contribution in [0.15, 0.2) is 0 Å². The van der Waals surface area contributed by atoms with Crippen molar-refractivity contribution in [1.29, 1.82) is 0 Å². The van der Waals surface area contributed by atoms with E-state index in [1.807, 2.05) is 11.8 Å². The van der Waals surface area contributed by atoms with E-state index in [1.165, 1.54) is 0 Å². The molecule has 0 bridgehead atoms. The predicted molar refractivity (Wildman–Crippen MR) is 69.2 cm³/mol. The molecule has 1 fully saturated rings. The average molecular weight is 270 g/mol. The molecule has 1 aliphatic rings. The summed E-state index contributed by atoms with van der Waals surface area (Å²) < 4.78 is 0. The molecule has 2 rings (SSSR count). The van der Waals surface area contributed by atoms with Gasteiger partial charge in [0.1, 0.15) is 16.8 Å². The lowest BCUT2D eigenvalue weighted by Crippen LogP contribution is -2.43. The van der Waals surface area contributed by atoms with Crippen LogP contribution in [0.3, 0.4) is 0 Å². The first-order chi connectivity index (χ1) is 8.43. The zero-order valence-corrected chi connectivity index (χ0v) is 11.2. The fourth-order valence-corrected chi connectivity index (χ4v) is 2.33. The van der Waals surface area contributed by atoms with Crippen molar-refractivity contribution < 1.29 is 9.90 Å². The third kappa shape index (κ3) is 2.62. The van der Waals surface area contributed by atoms with Crippen LogP contribution in [0.1, 0.15) is 35.9 Å². The fraction of sp³-hybridized carbons (Fsp3) is 0.583. The number of halogens is 1. The largest absolute Gasteiger partial charge is 0.390 e. The molecule has 1 aliphatic heterocycles. The number of piperidine rings is 1. The van der Waals surface area contributed by atoms with Crippen LogP contribution in [0.25, 0.3) is 0 Å². The van der Waals surface area contributed by atoms with Crippen molar-refractivity contribution in [2.75, 3.05) is 18.0 Å². The lowest BCUT2D eigenvalue weighted by Gasteiger charge is -2.36. The Hall–Kier alpha value is -1.20. The molecule has 18 heavy (non-hydrogen) atoms. The molecule has 5 nitrogen and oxygen atoms in total. The van der Waals surface area contributed by atoms with E-state index in [2.05, 4.69) is 9.97 Å². The van der Waals surface area contributed by atoms with E-state index in [1.54, 1.807) is 6.92 Å². The monoisotopic (exact) mass is 269 g/mol. The zero-order chi connectivity index (χ0) is 13.3. The van der Waals surface area contributed by atoms with Gasteiger partial charge in [-0.05, 0) is 26.7 Å². The van der Waals surface area contributed by atoms with Crippen LogP contribution in [-0.2, 0) is 0 Å². The van der Waals surface area contributed by atoms with E-state index in [9.17, 15) is 9.90 Å². The average Bonchev–Trinajstić information content (AvgIpc) is 2.28. The van der Waals surface area contributed by atoms with Gasteiger partial charge in [-0.1, -0.05) is 11.6 Å². The highest BCUT2D eigenvalue weighted by atomic mass is 35.5. The fourth-order valence-electron chi connectivity index (χ4n) is 2.08. The van der Waals surface area contributed by atoms with Crippen molar-refractivity contribution in [3.63, 3.8) is 0 Å². The van der Waals surface area contributed by atoms with E-state index in [4.69, 9.17) is 11.6 Å². The number of nitrogens with zero attached hydrogens (tertiary/aromatic N) is 3. The SMILES string of the molecule is Cc1nc(Cl)c(C=O)c(N2CCC(C)(O)CC2)n1. The second-order valence-electron chi connectivity index (χ2n) is 4.90.